The van der Waals surface area contributed by atoms with Crippen LogP contribution in [0.15, 0.2) is 0 Å². The molecule has 1 saturated carbocycles. The first kappa shape index (κ1) is 15.2. The number of thioether (sulfide) groups is 1. The number of nitrogens with one attached hydrogen (secondary N) is 1. The van der Waals surface area contributed by atoms with Gasteiger partial charge >= 0.3 is 6.03 Å². The number of carbonyl (C=O) groups is 1. The van der Waals surface area contributed by atoms with Crippen molar-refractivity contribution in [2.45, 2.75) is 36.9 Å². The Morgan fingerprint density at radius 3 is 2.79 bits per heavy atom. The van der Waals surface area contributed by atoms with Gasteiger partial charge in [0.25, 0.3) is 0 Å². The number of nitrogens with zero attached hydrogens (tertiary/aromatic N) is 1. The van der Waals surface area contributed by atoms with Crippen molar-refractivity contribution in [2.24, 2.45) is 0 Å². The van der Waals surface area contributed by atoms with Gasteiger partial charge in [-0.05, 0) is 12.8 Å². The third-order valence-electron chi connectivity index (χ3n) is 3.97. The molecule has 2 aliphatic rings. The molecule has 0 aromatic heterocycles. The number of carbonyl (C=O) groups excluding carboxylic acids is 1. The summed E-state index contributed by atoms with van der Waals surface area (Å²) in [6.45, 7) is 2.24. The monoisotopic (exact) mass is 304 g/mol. The molecule has 110 valence electrons. The second-order valence-electron chi connectivity index (χ2n) is 5.52. The van der Waals surface area contributed by atoms with E-state index in [9.17, 15) is 9.00 Å². The van der Waals surface area contributed by atoms with Crippen LogP contribution in [0.1, 0.15) is 32.1 Å². The maximum Gasteiger partial charge on any atom is 0.317 e. The van der Waals surface area contributed by atoms with Crippen LogP contribution in [0.25, 0.3) is 0 Å². The van der Waals surface area contributed by atoms with E-state index in [2.05, 4.69) is 17.1 Å². The van der Waals surface area contributed by atoms with Crippen molar-refractivity contribution in [1.82, 2.24) is 10.2 Å². The summed E-state index contributed by atoms with van der Waals surface area (Å²) >= 11 is 2.07. The van der Waals surface area contributed by atoms with E-state index < -0.39 is 10.8 Å². The average Bonchev–Trinajstić information content (AvgIpc) is 2.39. The summed E-state index contributed by atoms with van der Waals surface area (Å²) in [6.07, 6.45) is 8.12. The van der Waals surface area contributed by atoms with Crippen molar-refractivity contribution in [3.63, 3.8) is 0 Å². The zero-order valence-corrected chi connectivity index (χ0v) is 13.3. The Labute approximate surface area is 122 Å². The summed E-state index contributed by atoms with van der Waals surface area (Å²) in [4.78, 5) is 14.1. The number of hydrogen-bond donors (Lipinski definition) is 1. The van der Waals surface area contributed by atoms with Crippen molar-refractivity contribution >= 4 is 28.6 Å². The van der Waals surface area contributed by atoms with E-state index in [-0.39, 0.29) is 6.03 Å². The first-order chi connectivity index (χ1) is 9.11. The van der Waals surface area contributed by atoms with E-state index >= 15 is 0 Å². The molecule has 1 aliphatic carbocycles. The van der Waals surface area contributed by atoms with Crippen molar-refractivity contribution in [3.05, 3.63) is 0 Å². The normalized spacial score (nSPS) is 24.2. The fourth-order valence-electron chi connectivity index (χ4n) is 2.93. The Bertz CT molecular complexity index is 338. The van der Waals surface area contributed by atoms with Gasteiger partial charge in [-0.25, -0.2) is 4.79 Å². The van der Waals surface area contributed by atoms with Crippen LogP contribution in [0.5, 0.6) is 0 Å². The molecule has 0 bridgehead atoms. The van der Waals surface area contributed by atoms with Crippen molar-refractivity contribution in [2.75, 3.05) is 37.4 Å². The Kier molecular flexibility index (Phi) is 5.57. The van der Waals surface area contributed by atoms with E-state index in [1.807, 2.05) is 4.90 Å². The highest BCUT2D eigenvalue weighted by molar-refractivity contribution is 8.00. The molecule has 0 radical (unpaired) electrons. The molecule has 4 nitrogen and oxygen atoms in total. The van der Waals surface area contributed by atoms with Gasteiger partial charge in [0.2, 0.25) is 0 Å². The smallest absolute Gasteiger partial charge is 0.317 e. The third-order valence-corrected chi connectivity index (χ3v) is 6.28. The summed E-state index contributed by atoms with van der Waals surface area (Å²) in [5.74, 6) is 1.59. The van der Waals surface area contributed by atoms with Gasteiger partial charge in [-0.3, -0.25) is 4.21 Å². The molecule has 2 rings (SSSR count). The first-order valence-corrected chi connectivity index (χ1v) is 9.79. The lowest BCUT2D eigenvalue weighted by molar-refractivity contribution is 0.186. The Hall–Kier alpha value is -0.230. The zero-order valence-electron chi connectivity index (χ0n) is 11.7. The fraction of sp³-hybridized carbons (Fsp3) is 0.923. The second-order valence-corrected chi connectivity index (χ2v) is 8.64. The topological polar surface area (TPSA) is 49.4 Å². The Morgan fingerprint density at radius 2 is 2.11 bits per heavy atom. The summed E-state index contributed by atoms with van der Waals surface area (Å²) in [5, 5.41) is 2.89. The fourth-order valence-corrected chi connectivity index (χ4v) is 4.89. The standard InChI is InChI=1S/C13H24N2O2S2/c1-19(17)10-7-14-12(16)15-8-9-18-13(11-15)5-3-2-4-6-13/h2-11H2,1H3,(H,14,16)/t19-/m1/s1. The molecule has 0 aromatic carbocycles. The highest BCUT2D eigenvalue weighted by atomic mass is 32.2. The lowest BCUT2D eigenvalue weighted by Crippen LogP contribution is -2.53. The van der Waals surface area contributed by atoms with Gasteiger partial charge in [0.05, 0.1) is 0 Å². The minimum Gasteiger partial charge on any atom is -0.337 e. The van der Waals surface area contributed by atoms with Crippen LogP contribution < -0.4 is 5.32 Å². The van der Waals surface area contributed by atoms with Gasteiger partial charge in [-0.15, -0.1) is 0 Å². The molecule has 1 N–H and O–H groups in total. The molecular weight excluding hydrogens is 280 g/mol. The van der Waals surface area contributed by atoms with Crippen LogP contribution in [0.3, 0.4) is 0 Å². The third kappa shape index (κ3) is 4.38. The van der Waals surface area contributed by atoms with Crippen LogP contribution in [0, 0.1) is 0 Å². The molecule has 6 heteroatoms. The van der Waals surface area contributed by atoms with Crippen LogP contribution >= 0.6 is 11.8 Å². The zero-order chi connectivity index (χ0) is 13.7. The molecule has 1 spiro atoms. The molecular formula is C13H24N2O2S2. The summed E-state index contributed by atoms with van der Waals surface area (Å²) in [7, 11) is -0.835. The van der Waals surface area contributed by atoms with E-state index in [4.69, 9.17) is 0 Å². The molecule has 19 heavy (non-hydrogen) atoms. The highest BCUT2D eigenvalue weighted by Crippen LogP contribution is 2.42. The van der Waals surface area contributed by atoms with Gasteiger partial charge in [0, 0.05) is 52.9 Å². The van der Waals surface area contributed by atoms with Gasteiger partial charge in [0.1, 0.15) is 0 Å². The van der Waals surface area contributed by atoms with E-state index in [0.29, 0.717) is 17.0 Å². The number of urea groups is 1. The lowest BCUT2D eigenvalue weighted by Gasteiger charge is -2.44. The van der Waals surface area contributed by atoms with Crippen molar-refractivity contribution in [1.29, 1.82) is 0 Å². The van der Waals surface area contributed by atoms with E-state index in [0.717, 1.165) is 18.8 Å². The van der Waals surface area contributed by atoms with Gasteiger partial charge in [0.15, 0.2) is 0 Å². The predicted molar refractivity (Wildman–Crippen MR) is 82.2 cm³/mol. The van der Waals surface area contributed by atoms with Crippen LogP contribution in [-0.2, 0) is 10.8 Å². The molecule has 1 heterocycles. The summed E-state index contributed by atoms with van der Waals surface area (Å²) in [5.41, 5.74) is 0. The average molecular weight is 304 g/mol. The summed E-state index contributed by atoms with van der Waals surface area (Å²) < 4.78 is 11.3. The van der Waals surface area contributed by atoms with Crippen LogP contribution in [0.2, 0.25) is 0 Å². The minimum absolute atomic E-state index is 0.0238. The van der Waals surface area contributed by atoms with Gasteiger partial charge < -0.3 is 10.2 Å². The Balaban J connectivity index is 1.82. The predicted octanol–water partition coefficient (Wildman–Crippen LogP) is 1.83. The molecule has 2 amide bonds. The molecule has 2 fully saturated rings. The molecule has 1 aliphatic heterocycles. The van der Waals surface area contributed by atoms with Crippen LogP contribution in [0.4, 0.5) is 4.79 Å². The number of rotatable bonds is 3. The highest BCUT2D eigenvalue weighted by Gasteiger charge is 2.38. The maximum absolute atomic E-state index is 12.1. The number of amides is 2. The summed E-state index contributed by atoms with van der Waals surface area (Å²) in [6, 6.07) is 0.0238. The van der Waals surface area contributed by atoms with E-state index in [1.54, 1.807) is 6.26 Å². The molecule has 1 saturated heterocycles. The van der Waals surface area contributed by atoms with Gasteiger partial charge in [-0.1, -0.05) is 19.3 Å². The SMILES string of the molecule is C[S@@](=O)CCNC(=O)N1CCSC2(CCCCC2)C1. The second kappa shape index (κ2) is 6.97. The quantitative estimate of drug-likeness (QED) is 0.865. The Morgan fingerprint density at radius 1 is 1.37 bits per heavy atom. The lowest BCUT2D eigenvalue weighted by atomic mass is 9.87. The van der Waals surface area contributed by atoms with Gasteiger partial charge in [-0.2, -0.15) is 11.8 Å². The maximum atomic E-state index is 12.1. The molecule has 0 aromatic rings. The minimum atomic E-state index is -0.835. The van der Waals surface area contributed by atoms with Crippen molar-refractivity contribution < 1.29 is 9.00 Å². The molecule has 1 atom stereocenters. The number of hydrogen-bond acceptors (Lipinski definition) is 3. The van der Waals surface area contributed by atoms with E-state index in [1.165, 1.54) is 32.1 Å². The largest absolute Gasteiger partial charge is 0.337 e. The first-order valence-electron chi connectivity index (χ1n) is 7.08. The van der Waals surface area contributed by atoms with Crippen molar-refractivity contribution in [3.8, 4) is 0 Å². The van der Waals surface area contributed by atoms with Crippen LogP contribution in [-0.4, -0.2) is 57.3 Å². The molecule has 0 unspecified atom stereocenters.